The van der Waals surface area contributed by atoms with Crippen LogP contribution in [-0.2, 0) is 4.74 Å². The summed E-state index contributed by atoms with van der Waals surface area (Å²) < 4.78 is 5.52. The molecule has 0 aliphatic rings. The van der Waals surface area contributed by atoms with E-state index in [1.165, 1.54) is 83.5 Å². The summed E-state index contributed by atoms with van der Waals surface area (Å²) in [4.78, 5) is 0. The third-order valence-electron chi connectivity index (χ3n) is 4.65. The van der Waals surface area contributed by atoms with Crippen LogP contribution in [0.4, 0.5) is 0 Å². The molecule has 22 heavy (non-hydrogen) atoms. The van der Waals surface area contributed by atoms with Crippen molar-refractivity contribution in [1.82, 2.24) is 0 Å². The van der Waals surface area contributed by atoms with Crippen LogP contribution in [0.15, 0.2) is 12.7 Å². The molecular weight excluding hydrogens is 268 g/mol. The molecule has 0 heterocycles. The topological polar surface area (TPSA) is 9.23 Å². The van der Waals surface area contributed by atoms with Crippen LogP contribution in [0.5, 0.6) is 0 Å². The Morgan fingerprint density at radius 3 is 1.77 bits per heavy atom. The molecule has 0 bridgehead atoms. The van der Waals surface area contributed by atoms with Crippen molar-refractivity contribution in [3.63, 3.8) is 0 Å². The molecule has 1 nitrogen and oxygen atoms in total. The Morgan fingerprint density at radius 1 is 0.773 bits per heavy atom. The van der Waals surface area contributed by atoms with Gasteiger partial charge < -0.3 is 4.74 Å². The normalized spacial score (nSPS) is 12.5. The van der Waals surface area contributed by atoms with Crippen LogP contribution >= 0.6 is 0 Å². The molecule has 0 aromatic rings. The smallest absolute Gasteiger partial charge is 0.0500 e. The Kier molecular flexibility index (Phi) is 18.5. The van der Waals surface area contributed by atoms with Crippen LogP contribution in [0.1, 0.15) is 104 Å². The highest BCUT2D eigenvalue weighted by Crippen LogP contribution is 2.15. The van der Waals surface area contributed by atoms with E-state index in [0.29, 0.717) is 0 Å². The van der Waals surface area contributed by atoms with Crippen molar-refractivity contribution in [2.45, 2.75) is 104 Å². The molecule has 0 aliphatic heterocycles. The summed E-state index contributed by atoms with van der Waals surface area (Å²) in [5.74, 6) is 0.937. The lowest BCUT2D eigenvalue weighted by atomic mass is 9.99. The minimum absolute atomic E-state index is 0.848. The molecule has 0 saturated carbocycles. The summed E-state index contributed by atoms with van der Waals surface area (Å²) in [5, 5.41) is 0. The van der Waals surface area contributed by atoms with Gasteiger partial charge in [0.15, 0.2) is 0 Å². The van der Waals surface area contributed by atoms with Gasteiger partial charge in [-0.15, -0.1) is 6.58 Å². The lowest BCUT2D eigenvalue weighted by Crippen LogP contribution is -1.95. The number of hydrogen-bond acceptors (Lipinski definition) is 1. The minimum atomic E-state index is 0.848. The second kappa shape index (κ2) is 18.7. The van der Waals surface area contributed by atoms with Gasteiger partial charge in [-0.05, 0) is 18.8 Å². The SMILES string of the molecule is C=CCCOCCCCCCCCCCCCCC(C)CC. The Labute approximate surface area is 140 Å². The van der Waals surface area contributed by atoms with Crippen molar-refractivity contribution in [2.24, 2.45) is 5.92 Å². The average Bonchev–Trinajstić information content (AvgIpc) is 2.54. The fourth-order valence-electron chi connectivity index (χ4n) is 2.76. The fraction of sp³-hybridized carbons (Fsp3) is 0.905. The number of unbranched alkanes of at least 4 members (excludes halogenated alkanes) is 10. The predicted octanol–water partition coefficient (Wildman–Crippen LogP) is 7.31. The highest BCUT2D eigenvalue weighted by molar-refractivity contribution is 4.64. The van der Waals surface area contributed by atoms with Gasteiger partial charge >= 0.3 is 0 Å². The van der Waals surface area contributed by atoms with Gasteiger partial charge in [-0.2, -0.15) is 0 Å². The first-order chi connectivity index (χ1) is 10.8. The molecule has 1 heteroatoms. The Bertz CT molecular complexity index is 212. The van der Waals surface area contributed by atoms with Crippen molar-refractivity contribution < 1.29 is 4.74 Å². The standard InChI is InChI=1S/C21H42O/c1-4-6-19-22-20-17-15-13-11-9-7-8-10-12-14-16-18-21(3)5-2/h4,21H,1,5-20H2,2-3H3. The fourth-order valence-corrected chi connectivity index (χ4v) is 2.76. The van der Waals surface area contributed by atoms with E-state index in [1.807, 2.05) is 6.08 Å². The van der Waals surface area contributed by atoms with E-state index >= 15 is 0 Å². The Hall–Kier alpha value is -0.300. The van der Waals surface area contributed by atoms with Crippen LogP contribution in [0.3, 0.4) is 0 Å². The third-order valence-corrected chi connectivity index (χ3v) is 4.65. The zero-order chi connectivity index (χ0) is 16.3. The van der Waals surface area contributed by atoms with Gasteiger partial charge in [-0.3, -0.25) is 0 Å². The molecule has 0 amide bonds. The van der Waals surface area contributed by atoms with E-state index in [9.17, 15) is 0 Å². The monoisotopic (exact) mass is 310 g/mol. The summed E-state index contributed by atoms with van der Waals surface area (Å²) in [6.07, 6.45) is 21.2. The van der Waals surface area contributed by atoms with Gasteiger partial charge in [0.1, 0.15) is 0 Å². The van der Waals surface area contributed by atoms with E-state index < -0.39 is 0 Å². The van der Waals surface area contributed by atoms with Crippen molar-refractivity contribution >= 4 is 0 Å². The van der Waals surface area contributed by atoms with Crippen LogP contribution in [0.2, 0.25) is 0 Å². The third kappa shape index (κ3) is 17.8. The van der Waals surface area contributed by atoms with E-state index in [4.69, 9.17) is 4.74 Å². The van der Waals surface area contributed by atoms with Crippen molar-refractivity contribution in [2.75, 3.05) is 13.2 Å². The molecule has 0 N–H and O–H groups in total. The van der Waals surface area contributed by atoms with Crippen LogP contribution in [-0.4, -0.2) is 13.2 Å². The number of hydrogen-bond donors (Lipinski definition) is 0. The quantitative estimate of drug-likeness (QED) is 0.190. The molecule has 1 unspecified atom stereocenters. The maximum absolute atomic E-state index is 5.52. The maximum Gasteiger partial charge on any atom is 0.0500 e. The highest BCUT2D eigenvalue weighted by atomic mass is 16.5. The van der Waals surface area contributed by atoms with Crippen LogP contribution < -0.4 is 0 Å². The van der Waals surface area contributed by atoms with Gasteiger partial charge in [0.25, 0.3) is 0 Å². The Balaban J connectivity index is 2.98. The number of rotatable bonds is 18. The zero-order valence-corrected chi connectivity index (χ0v) is 15.6. The summed E-state index contributed by atoms with van der Waals surface area (Å²) in [6, 6.07) is 0. The maximum atomic E-state index is 5.52. The van der Waals surface area contributed by atoms with Crippen LogP contribution in [0.25, 0.3) is 0 Å². The average molecular weight is 311 g/mol. The molecule has 0 aromatic heterocycles. The van der Waals surface area contributed by atoms with Crippen molar-refractivity contribution in [1.29, 1.82) is 0 Å². The number of ether oxygens (including phenoxy) is 1. The second-order valence-electron chi connectivity index (χ2n) is 6.88. The summed E-state index contributed by atoms with van der Waals surface area (Å²) in [5.41, 5.74) is 0. The van der Waals surface area contributed by atoms with Gasteiger partial charge in [0.05, 0.1) is 0 Å². The van der Waals surface area contributed by atoms with Gasteiger partial charge in [0, 0.05) is 13.2 Å². The molecule has 1 atom stereocenters. The molecule has 0 radical (unpaired) electrons. The second-order valence-corrected chi connectivity index (χ2v) is 6.88. The van der Waals surface area contributed by atoms with Gasteiger partial charge in [0.2, 0.25) is 0 Å². The molecule has 132 valence electrons. The van der Waals surface area contributed by atoms with Gasteiger partial charge in [-0.1, -0.05) is 97.0 Å². The van der Waals surface area contributed by atoms with E-state index in [2.05, 4.69) is 20.4 Å². The van der Waals surface area contributed by atoms with Crippen LogP contribution in [0, 0.1) is 5.92 Å². The lowest BCUT2D eigenvalue weighted by molar-refractivity contribution is 0.134. The summed E-state index contributed by atoms with van der Waals surface area (Å²) in [7, 11) is 0. The lowest BCUT2D eigenvalue weighted by Gasteiger charge is -2.07. The molecular formula is C21H42O. The van der Waals surface area contributed by atoms with E-state index in [1.54, 1.807) is 0 Å². The predicted molar refractivity (Wildman–Crippen MR) is 100 cm³/mol. The molecule has 0 saturated heterocycles. The summed E-state index contributed by atoms with van der Waals surface area (Å²) >= 11 is 0. The van der Waals surface area contributed by atoms with Crippen molar-refractivity contribution in [3.05, 3.63) is 12.7 Å². The highest BCUT2D eigenvalue weighted by Gasteiger charge is 1.98. The Morgan fingerprint density at radius 2 is 1.27 bits per heavy atom. The molecule has 0 rings (SSSR count). The summed E-state index contributed by atoms with van der Waals surface area (Å²) in [6.45, 7) is 10.2. The first kappa shape index (κ1) is 21.7. The van der Waals surface area contributed by atoms with Crippen molar-refractivity contribution in [3.8, 4) is 0 Å². The van der Waals surface area contributed by atoms with E-state index in [0.717, 1.165) is 25.6 Å². The first-order valence-corrected chi connectivity index (χ1v) is 9.99. The first-order valence-electron chi connectivity index (χ1n) is 9.99. The molecule has 0 aliphatic carbocycles. The molecule has 0 aromatic carbocycles. The minimum Gasteiger partial charge on any atom is -0.381 e. The molecule has 0 spiro atoms. The largest absolute Gasteiger partial charge is 0.381 e. The van der Waals surface area contributed by atoms with E-state index in [-0.39, 0.29) is 0 Å². The zero-order valence-electron chi connectivity index (χ0n) is 15.6. The van der Waals surface area contributed by atoms with Gasteiger partial charge in [-0.25, -0.2) is 0 Å². The molecule has 0 fully saturated rings.